The van der Waals surface area contributed by atoms with E-state index in [0.717, 1.165) is 31.6 Å². The van der Waals surface area contributed by atoms with E-state index in [2.05, 4.69) is 30.9 Å². The first-order valence-corrected chi connectivity index (χ1v) is 10.5. The van der Waals surface area contributed by atoms with Gasteiger partial charge in [-0.25, -0.2) is 4.79 Å². The fraction of sp³-hybridized carbons (Fsp3) is 0.682. The molecular formula is C22H27NO5. The summed E-state index contributed by atoms with van der Waals surface area (Å²) in [5.74, 6) is 1.38. The molecule has 0 radical (unpaired) electrons. The van der Waals surface area contributed by atoms with Crippen LogP contribution in [0.3, 0.4) is 0 Å². The highest BCUT2D eigenvalue weighted by atomic mass is 16.7. The van der Waals surface area contributed by atoms with E-state index in [-0.39, 0.29) is 29.4 Å². The molecule has 5 saturated heterocycles. The Bertz CT molecular complexity index is 874. The summed E-state index contributed by atoms with van der Waals surface area (Å²) < 4.78 is 24.5. The molecule has 28 heavy (non-hydrogen) atoms. The molecule has 0 amide bonds. The lowest BCUT2D eigenvalue weighted by Crippen LogP contribution is -2.60. The highest BCUT2D eigenvalue weighted by molar-refractivity contribution is 5.93. The molecule has 6 nitrogen and oxygen atoms in total. The molecule has 150 valence electrons. The van der Waals surface area contributed by atoms with Crippen LogP contribution in [0, 0.1) is 17.8 Å². The highest BCUT2D eigenvalue weighted by Gasteiger charge is 2.83. The maximum Gasteiger partial charge on any atom is 0.343 e. The Labute approximate surface area is 165 Å². The van der Waals surface area contributed by atoms with Crippen LogP contribution < -0.4 is 0 Å². The fourth-order valence-electron chi connectivity index (χ4n) is 7.22. The minimum Gasteiger partial charge on any atom is -0.492 e. The third-order valence-corrected chi connectivity index (χ3v) is 8.10. The number of fused-ring (bicyclic) bond motifs is 1. The summed E-state index contributed by atoms with van der Waals surface area (Å²) >= 11 is 0. The minimum atomic E-state index is -0.609. The van der Waals surface area contributed by atoms with Gasteiger partial charge in [0.15, 0.2) is 5.76 Å². The molecule has 6 rings (SSSR count). The number of esters is 1. The first kappa shape index (κ1) is 17.1. The SMILES string of the molecule is CC/C=C/C12C3CC4C5[C@@H](C)/C(=C6/OC(=O)C(C)=C6OC)O[C@]5(O3)C1CCN42. The minimum absolute atomic E-state index is 0.0286. The summed E-state index contributed by atoms with van der Waals surface area (Å²) in [4.78, 5) is 14.9. The van der Waals surface area contributed by atoms with Crippen LogP contribution in [0.15, 0.2) is 35.0 Å². The third kappa shape index (κ3) is 1.60. The largest absolute Gasteiger partial charge is 0.492 e. The van der Waals surface area contributed by atoms with Gasteiger partial charge in [0, 0.05) is 18.5 Å². The lowest BCUT2D eigenvalue weighted by Gasteiger charge is -2.47. The van der Waals surface area contributed by atoms with Crippen molar-refractivity contribution in [3.63, 3.8) is 0 Å². The van der Waals surface area contributed by atoms with Gasteiger partial charge in [0.1, 0.15) is 5.76 Å². The van der Waals surface area contributed by atoms with E-state index in [9.17, 15) is 4.79 Å². The van der Waals surface area contributed by atoms with E-state index in [4.69, 9.17) is 18.9 Å². The van der Waals surface area contributed by atoms with Crippen molar-refractivity contribution in [2.45, 2.75) is 63.5 Å². The van der Waals surface area contributed by atoms with E-state index in [1.807, 2.05) is 0 Å². The number of ether oxygens (including phenoxy) is 4. The maximum absolute atomic E-state index is 12.2. The highest BCUT2D eigenvalue weighted by Crippen LogP contribution is 2.72. The normalized spacial score (nSPS) is 52.8. The topological polar surface area (TPSA) is 57.2 Å². The van der Waals surface area contributed by atoms with Crippen LogP contribution in [-0.2, 0) is 23.7 Å². The second kappa shape index (κ2) is 5.22. The van der Waals surface area contributed by atoms with Crippen LogP contribution >= 0.6 is 0 Å². The quantitative estimate of drug-likeness (QED) is 0.550. The van der Waals surface area contributed by atoms with Crippen molar-refractivity contribution >= 4 is 5.97 Å². The number of piperidine rings is 1. The molecular weight excluding hydrogens is 358 g/mol. The predicted octanol–water partition coefficient (Wildman–Crippen LogP) is 2.87. The third-order valence-electron chi connectivity index (χ3n) is 8.10. The number of hydrogen-bond acceptors (Lipinski definition) is 6. The number of nitrogens with zero attached hydrogens (tertiary/aromatic N) is 1. The van der Waals surface area contributed by atoms with Crippen molar-refractivity contribution in [3.05, 3.63) is 35.0 Å². The molecule has 0 aromatic heterocycles. The molecule has 0 aromatic rings. The zero-order valence-electron chi connectivity index (χ0n) is 16.9. The average Bonchev–Trinajstić information content (AvgIpc) is 3.38. The Balaban J connectivity index is 1.49. The van der Waals surface area contributed by atoms with Gasteiger partial charge in [0.25, 0.3) is 0 Å². The van der Waals surface area contributed by atoms with Crippen LogP contribution in [-0.4, -0.2) is 48.0 Å². The first-order chi connectivity index (χ1) is 13.5. The molecule has 8 atom stereocenters. The maximum atomic E-state index is 12.2. The van der Waals surface area contributed by atoms with Crippen LogP contribution in [0.5, 0.6) is 0 Å². The molecule has 5 bridgehead atoms. The molecule has 1 spiro atoms. The van der Waals surface area contributed by atoms with Crippen LogP contribution in [0.1, 0.15) is 40.0 Å². The first-order valence-electron chi connectivity index (χ1n) is 10.5. The standard InChI is InChI=1S/C22H27NO5/c1-5-6-8-21-14-7-9-23(21)13-10-15(21)27-22(14)16(13)11(2)18(28-22)19-17(25-4)12(3)20(24)26-19/h6,8,11,13-16H,5,7,9-10H2,1-4H3/b8-6+,19-18-/t11-,13?,14?,15?,16?,21?,22-/m1/s1. The molecule has 6 heteroatoms. The number of cyclic esters (lactones) is 1. The van der Waals surface area contributed by atoms with Crippen molar-refractivity contribution < 1.29 is 23.7 Å². The number of carbonyl (C=O) groups is 1. The summed E-state index contributed by atoms with van der Waals surface area (Å²) in [6.07, 6.45) is 8.04. The van der Waals surface area contributed by atoms with Crippen molar-refractivity contribution in [3.8, 4) is 0 Å². The Morgan fingerprint density at radius 3 is 2.96 bits per heavy atom. The molecule has 5 fully saturated rings. The summed E-state index contributed by atoms with van der Waals surface area (Å²) in [7, 11) is 1.57. The van der Waals surface area contributed by atoms with E-state index in [1.54, 1.807) is 14.0 Å². The molecule has 6 aliphatic rings. The Hall–Kier alpha value is -1.79. The number of allylic oxidation sites excluding steroid dienone is 2. The van der Waals surface area contributed by atoms with Crippen LogP contribution in [0.25, 0.3) is 0 Å². The number of carbonyl (C=O) groups excluding carboxylic acids is 1. The van der Waals surface area contributed by atoms with Gasteiger partial charge in [-0.2, -0.15) is 0 Å². The van der Waals surface area contributed by atoms with Gasteiger partial charge in [-0.05, 0) is 26.2 Å². The van der Waals surface area contributed by atoms with Gasteiger partial charge in [0.05, 0.1) is 36.2 Å². The van der Waals surface area contributed by atoms with Crippen molar-refractivity contribution in [1.29, 1.82) is 0 Å². The fourth-order valence-corrected chi connectivity index (χ4v) is 7.22. The van der Waals surface area contributed by atoms with Crippen molar-refractivity contribution in [1.82, 2.24) is 4.90 Å². The number of rotatable bonds is 3. The van der Waals surface area contributed by atoms with E-state index < -0.39 is 5.79 Å². The average molecular weight is 385 g/mol. The zero-order valence-corrected chi connectivity index (χ0v) is 16.9. The van der Waals surface area contributed by atoms with Crippen LogP contribution in [0.2, 0.25) is 0 Å². The Morgan fingerprint density at radius 2 is 2.21 bits per heavy atom. The van der Waals surface area contributed by atoms with E-state index >= 15 is 0 Å². The summed E-state index contributed by atoms with van der Waals surface area (Å²) in [6.45, 7) is 7.21. The molecule has 0 aromatic carbocycles. The smallest absolute Gasteiger partial charge is 0.343 e. The Morgan fingerprint density at radius 1 is 1.39 bits per heavy atom. The molecule has 6 unspecified atom stereocenters. The van der Waals surface area contributed by atoms with Gasteiger partial charge in [-0.15, -0.1) is 0 Å². The Kier molecular flexibility index (Phi) is 3.19. The van der Waals surface area contributed by atoms with Gasteiger partial charge in [-0.3, -0.25) is 4.90 Å². The summed E-state index contributed by atoms with van der Waals surface area (Å²) in [5.41, 5.74) is 0.467. The molecule has 6 heterocycles. The van der Waals surface area contributed by atoms with Gasteiger partial charge in [0.2, 0.25) is 11.5 Å². The van der Waals surface area contributed by atoms with Gasteiger partial charge in [-0.1, -0.05) is 26.0 Å². The monoisotopic (exact) mass is 385 g/mol. The molecule has 0 aliphatic carbocycles. The summed E-state index contributed by atoms with van der Waals surface area (Å²) in [5, 5.41) is 0. The molecule has 0 saturated carbocycles. The van der Waals surface area contributed by atoms with Crippen molar-refractivity contribution in [2.24, 2.45) is 17.8 Å². The lowest BCUT2D eigenvalue weighted by atomic mass is 9.71. The molecule has 6 aliphatic heterocycles. The zero-order chi connectivity index (χ0) is 19.4. The lowest BCUT2D eigenvalue weighted by molar-refractivity contribution is -0.255. The van der Waals surface area contributed by atoms with E-state index in [0.29, 0.717) is 29.1 Å². The van der Waals surface area contributed by atoms with E-state index in [1.165, 1.54) is 0 Å². The van der Waals surface area contributed by atoms with Crippen LogP contribution in [0.4, 0.5) is 0 Å². The van der Waals surface area contributed by atoms with Crippen molar-refractivity contribution in [2.75, 3.05) is 13.7 Å². The number of hydrogen-bond donors (Lipinski definition) is 0. The van der Waals surface area contributed by atoms with Gasteiger partial charge < -0.3 is 18.9 Å². The second-order valence-corrected chi connectivity index (χ2v) is 9.02. The molecule has 0 N–H and O–H groups in total. The summed E-state index contributed by atoms with van der Waals surface area (Å²) in [6, 6.07) is 0.445. The second-order valence-electron chi connectivity index (χ2n) is 9.02. The predicted molar refractivity (Wildman–Crippen MR) is 99.6 cm³/mol. The number of methoxy groups -OCH3 is 1. The van der Waals surface area contributed by atoms with Gasteiger partial charge >= 0.3 is 5.97 Å².